The maximum Gasteiger partial charge on any atom is 0.191 e. The Morgan fingerprint density at radius 3 is 2.77 bits per heavy atom. The Bertz CT molecular complexity index is 950. The highest BCUT2D eigenvalue weighted by Crippen LogP contribution is 2.20. The number of imidazole rings is 1. The van der Waals surface area contributed by atoms with E-state index in [1.54, 1.807) is 14.2 Å². The zero-order valence-corrected chi connectivity index (χ0v) is 18.7. The van der Waals surface area contributed by atoms with Crippen molar-refractivity contribution < 1.29 is 9.47 Å². The molecule has 0 unspecified atom stereocenters. The Balaban J connectivity index is 1.44. The molecule has 0 radical (unpaired) electrons. The number of aliphatic imine (C=N–C) groups is 1. The van der Waals surface area contributed by atoms with Crippen LogP contribution in [0.25, 0.3) is 11.0 Å². The van der Waals surface area contributed by atoms with Gasteiger partial charge in [0, 0.05) is 52.3 Å². The van der Waals surface area contributed by atoms with Gasteiger partial charge in [0.1, 0.15) is 11.6 Å². The number of nitrogens with zero attached hydrogens (tertiary/aromatic N) is 2. The molecule has 0 bridgehead atoms. The minimum Gasteiger partial charge on any atom is -0.493 e. The molecule has 0 aliphatic heterocycles. The van der Waals surface area contributed by atoms with Crippen LogP contribution in [0.3, 0.4) is 0 Å². The zero-order valence-electron chi connectivity index (χ0n) is 18.7. The number of aromatic nitrogens is 2. The summed E-state index contributed by atoms with van der Waals surface area (Å²) in [5.74, 6) is 2.69. The SMILES string of the molecule is CN=C(NCCCc1nc2ccccc2[nH]1)NCc1ccc(C)cc1OCCCOC. The van der Waals surface area contributed by atoms with Crippen molar-refractivity contribution >= 4 is 17.0 Å². The molecule has 31 heavy (non-hydrogen) atoms. The zero-order chi connectivity index (χ0) is 21.9. The first kappa shape index (κ1) is 22.6. The number of guanidine groups is 1. The summed E-state index contributed by atoms with van der Waals surface area (Å²) in [5, 5.41) is 6.75. The second-order valence-corrected chi connectivity index (χ2v) is 7.46. The number of hydrogen-bond acceptors (Lipinski definition) is 4. The third kappa shape index (κ3) is 7.00. The summed E-state index contributed by atoms with van der Waals surface area (Å²) in [6.45, 7) is 4.86. The number of para-hydroxylation sites is 2. The summed E-state index contributed by atoms with van der Waals surface area (Å²) in [4.78, 5) is 12.3. The molecular formula is C24H33N5O2. The molecule has 7 heteroatoms. The molecule has 0 aliphatic carbocycles. The van der Waals surface area contributed by atoms with E-state index in [2.05, 4.69) is 56.8 Å². The van der Waals surface area contributed by atoms with Crippen LogP contribution in [0.5, 0.6) is 5.75 Å². The quantitative estimate of drug-likeness (QED) is 0.249. The van der Waals surface area contributed by atoms with E-state index in [9.17, 15) is 0 Å². The van der Waals surface area contributed by atoms with Crippen LogP contribution in [0.2, 0.25) is 0 Å². The van der Waals surface area contributed by atoms with Gasteiger partial charge in [-0.2, -0.15) is 0 Å². The Hall–Kier alpha value is -3.06. The Morgan fingerprint density at radius 2 is 1.97 bits per heavy atom. The molecule has 3 rings (SSSR count). The van der Waals surface area contributed by atoms with Gasteiger partial charge in [-0.05, 0) is 37.1 Å². The van der Waals surface area contributed by atoms with Gasteiger partial charge in [-0.1, -0.05) is 24.3 Å². The molecule has 0 saturated heterocycles. The summed E-state index contributed by atoms with van der Waals surface area (Å²) in [7, 11) is 3.49. The van der Waals surface area contributed by atoms with E-state index in [1.165, 1.54) is 5.56 Å². The van der Waals surface area contributed by atoms with Crippen LogP contribution in [0.1, 0.15) is 29.8 Å². The van der Waals surface area contributed by atoms with Crippen molar-refractivity contribution in [3.63, 3.8) is 0 Å². The fourth-order valence-corrected chi connectivity index (χ4v) is 3.31. The van der Waals surface area contributed by atoms with Crippen molar-refractivity contribution in [1.29, 1.82) is 0 Å². The van der Waals surface area contributed by atoms with Crippen LogP contribution in [-0.4, -0.2) is 49.8 Å². The van der Waals surface area contributed by atoms with Crippen molar-refractivity contribution in [2.24, 2.45) is 4.99 Å². The second-order valence-electron chi connectivity index (χ2n) is 7.46. The lowest BCUT2D eigenvalue weighted by molar-refractivity contribution is 0.171. The third-order valence-electron chi connectivity index (χ3n) is 4.96. The van der Waals surface area contributed by atoms with Gasteiger partial charge in [0.2, 0.25) is 0 Å². The molecule has 7 nitrogen and oxygen atoms in total. The maximum absolute atomic E-state index is 5.97. The summed E-state index contributed by atoms with van der Waals surface area (Å²) < 4.78 is 11.1. The molecule has 0 saturated carbocycles. The lowest BCUT2D eigenvalue weighted by Crippen LogP contribution is -2.37. The lowest BCUT2D eigenvalue weighted by atomic mass is 10.1. The number of fused-ring (bicyclic) bond motifs is 1. The van der Waals surface area contributed by atoms with Crippen LogP contribution in [0.15, 0.2) is 47.5 Å². The van der Waals surface area contributed by atoms with Crippen LogP contribution < -0.4 is 15.4 Å². The predicted octanol–water partition coefficient (Wildman–Crippen LogP) is 3.58. The molecule has 0 fully saturated rings. The third-order valence-corrected chi connectivity index (χ3v) is 4.96. The summed E-state index contributed by atoms with van der Waals surface area (Å²) in [6, 6.07) is 14.4. The lowest BCUT2D eigenvalue weighted by Gasteiger charge is -2.15. The summed E-state index contributed by atoms with van der Waals surface area (Å²) in [5.41, 5.74) is 4.38. The van der Waals surface area contributed by atoms with E-state index in [1.807, 2.05) is 18.2 Å². The molecule has 2 aromatic carbocycles. The smallest absolute Gasteiger partial charge is 0.191 e. The fraction of sp³-hybridized carbons (Fsp3) is 0.417. The average molecular weight is 424 g/mol. The van der Waals surface area contributed by atoms with E-state index in [0.29, 0.717) is 19.8 Å². The van der Waals surface area contributed by atoms with Gasteiger partial charge in [-0.3, -0.25) is 4.99 Å². The van der Waals surface area contributed by atoms with E-state index in [0.717, 1.165) is 59.9 Å². The van der Waals surface area contributed by atoms with Gasteiger partial charge in [0.25, 0.3) is 0 Å². The van der Waals surface area contributed by atoms with Gasteiger partial charge in [-0.25, -0.2) is 4.98 Å². The number of benzene rings is 2. The second kappa shape index (κ2) is 12.0. The number of H-pyrrole nitrogens is 1. The van der Waals surface area contributed by atoms with E-state index >= 15 is 0 Å². The maximum atomic E-state index is 5.97. The van der Waals surface area contributed by atoms with Gasteiger partial charge in [-0.15, -0.1) is 0 Å². The highest BCUT2D eigenvalue weighted by atomic mass is 16.5. The van der Waals surface area contributed by atoms with Crippen molar-refractivity contribution in [2.75, 3.05) is 33.9 Å². The van der Waals surface area contributed by atoms with Crippen LogP contribution >= 0.6 is 0 Å². The minimum absolute atomic E-state index is 0.638. The van der Waals surface area contributed by atoms with Crippen molar-refractivity contribution in [3.8, 4) is 5.75 Å². The van der Waals surface area contributed by atoms with Crippen LogP contribution in [0.4, 0.5) is 0 Å². The topological polar surface area (TPSA) is 83.6 Å². The number of nitrogens with one attached hydrogen (secondary N) is 3. The Kier molecular flexibility index (Phi) is 8.72. The first-order valence-corrected chi connectivity index (χ1v) is 10.8. The molecule has 0 atom stereocenters. The molecule has 1 aromatic heterocycles. The monoisotopic (exact) mass is 423 g/mol. The summed E-state index contributed by atoms with van der Waals surface area (Å²) in [6.07, 6.45) is 2.71. The van der Waals surface area contributed by atoms with Crippen LogP contribution in [0, 0.1) is 6.92 Å². The van der Waals surface area contributed by atoms with Crippen molar-refractivity contribution in [3.05, 3.63) is 59.4 Å². The highest BCUT2D eigenvalue weighted by molar-refractivity contribution is 5.79. The van der Waals surface area contributed by atoms with E-state index < -0.39 is 0 Å². The largest absolute Gasteiger partial charge is 0.493 e. The van der Waals surface area contributed by atoms with Crippen molar-refractivity contribution in [1.82, 2.24) is 20.6 Å². The normalized spacial score (nSPS) is 11.6. The number of hydrogen-bond donors (Lipinski definition) is 3. The van der Waals surface area contributed by atoms with Gasteiger partial charge < -0.3 is 25.1 Å². The Morgan fingerprint density at radius 1 is 1.10 bits per heavy atom. The number of aryl methyl sites for hydroxylation is 2. The van der Waals surface area contributed by atoms with Gasteiger partial charge in [0.05, 0.1) is 17.6 Å². The summed E-state index contributed by atoms with van der Waals surface area (Å²) >= 11 is 0. The van der Waals surface area contributed by atoms with Crippen LogP contribution in [-0.2, 0) is 17.7 Å². The minimum atomic E-state index is 0.638. The molecule has 0 aliphatic rings. The number of ether oxygens (including phenoxy) is 2. The fourth-order valence-electron chi connectivity index (χ4n) is 3.31. The Labute approximate surface area is 184 Å². The first-order valence-electron chi connectivity index (χ1n) is 10.8. The molecule has 0 spiro atoms. The molecule has 3 N–H and O–H groups in total. The first-order chi connectivity index (χ1) is 15.2. The standard InChI is InChI=1S/C24H33N5O2/c1-18-11-12-19(22(16-18)31-15-7-14-30-3)17-27-24(25-2)26-13-6-10-23-28-20-8-4-5-9-21(20)29-23/h4-5,8-9,11-12,16H,6-7,10,13-15,17H2,1-3H3,(H,28,29)(H2,25,26,27). The number of rotatable bonds is 11. The molecule has 1 heterocycles. The molecule has 166 valence electrons. The number of aromatic amines is 1. The molecular weight excluding hydrogens is 390 g/mol. The van der Waals surface area contributed by atoms with E-state index in [4.69, 9.17) is 9.47 Å². The highest BCUT2D eigenvalue weighted by Gasteiger charge is 2.07. The van der Waals surface area contributed by atoms with Gasteiger partial charge in [0.15, 0.2) is 5.96 Å². The number of methoxy groups -OCH3 is 1. The predicted molar refractivity (Wildman–Crippen MR) is 126 cm³/mol. The average Bonchev–Trinajstić information content (AvgIpc) is 3.20. The van der Waals surface area contributed by atoms with Gasteiger partial charge >= 0.3 is 0 Å². The van der Waals surface area contributed by atoms with Crippen molar-refractivity contribution in [2.45, 2.75) is 32.7 Å². The van der Waals surface area contributed by atoms with E-state index in [-0.39, 0.29) is 0 Å². The molecule has 0 amide bonds. The molecule has 3 aromatic rings.